The van der Waals surface area contributed by atoms with Gasteiger partial charge in [0.1, 0.15) is 0 Å². The third-order valence-electron chi connectivity index (χ3n) is 2.82. The standard InChI is InChI=1S/C16H18ClNS/c1-11-3-7-15(8-4-11)19-16-10-14(17)6-5-13(16)9-12(2)18/h3-8,10,12H,9,18H2,1-2H3. The van der Waals surface area contributed by atoms with E-state index in [4.69, 9.17) is 17.3 Å². The Hall–Kier alpha value is -0.960. The summed E-state index contributed by atoms with van der Waals surface area (Å²) in [6, 6.07) is 14.7. The van der Waals surface area contributed by atoms with E-state index in [2.05, 4.69) is 37.3 Å². The second kappa shape index (κ2) is 6.47. The van der Waals surface area contributed by atoms with Crippen LogP contribution in [0.3, 0.4) is 0 Å². The van der Waals surface area contributed by atoms with Crippen LogP contribution in [0.15, 0.2) is 52.3 Å². The minimum atomic E-state index is 0.151. The van der Waals surface area contributed by atoms with Crippen molar-refractivity contribution in [2.45, 2.75) is 36.1 Å². The van der Waals surface area contributed by atoms with E-state index in [1.807, 2.05) is 19.1 Å². The van der Waals surface area contributed by atoms with Gasteiger partial charge in [0.15, 0.2) is 0 Å². The van der Waals surface area contributed by atoms with Crippen LogP contribution in [0, 0.1) is 6.92 Å². The second-order valence-electron chi connectivity index (χ2n) is 4.85. The zero-order valence-corrected chi connectivity index (χ0v) is 12.8. The van der Waals surface area contributed by atoms with Crippen molar-refractivity contribution < 1.29 is 0 Å². The summed E-state index contributed by atoms with van der Waals surface area (Å²) in [5, 5.41) is 0.767. The number of benzene rings is 2. The molecule has 0 saturated heterocycles. The lowest BCUT2D eigenvalue weighted by Crippen LogP contribution is -2.18. The van der Waals surface area contributed by atoms with Crippen molar-refractivity contribution in [1.29, 1.82) is 0 Å². The Morgan fingerprint density at radius 1 is 1.16 bits per heavy atom. The molecule has 0 radical (unpaired) electrons. The van der Waals surface area contributed by atoms with Crippen LogP contribution in [0.4, 0.5) is 0 Å². The van der Waals surface area contributed by atoms with E-state index in [0.717, 1.165) is 11.4 Å². The molecule has 3 heteroatoms. The first-order valence-corrected chi connectivity index (χ1v) is 7.52. The van der Waals surface area contributed by atoms with Crippen LogP contribution in [0.2, 0.25) is 5.02 Å². The fraction of sp³-hybridized carbons (Fsp3) is 0.250. The van der Waals surface area contributed by atoms with Gasteiger partial charge in [-0.05, 0) is 50.1 Å². The van der Waals surface area contributed by atoms with Crippen LogP contribution in [-0.2, 0) is 6.42 Å². The van der Waals surface area contributed by atoms with Crippen LogP contribution >= 0.6 is 23.4 Å². The van der Waals surface area contributed by atoms with Gasteiger partial charge in [-0.3, -0.25) is 0 Å². The van der Waals surface area contributed by atoms with Gasteiger partial charge in [-0.25, -0.2) is 0 Å². The molecule has 0 aliphatic rings. The molecular weight excluding hydrogens is 274 g/mol. The molecule has 100 valence electrons. The number of hydrogen-bond acceptors (Lipinski definition) is 2. The fourth-order valence-corrected chi connectivity index (χ4v) is 3.10. The van der Waals surface area contributed by atoms with Crippen molar-refractivity contribution >= 4 is 23.4 Å². The normalized spacial score (nSPS) is 12.4. The molecule has 0 bridgehead atoms. The number of rotatable bonds is 4. The maximum atomic E-state index is 6.10. The van der Waals surface area contributed by atoms with Crippen LogP contribution in [0.5, 0.6) is 0 Å². The molecule has 0 amide bonds. The Morgan fingerprint density at radius 2 is 1.84 bits per heavy atom. The zero-order valence-electron chi connectivity index (χ0n) is 11.2. The molecule has 2 rings (SSSR count). The van der Waals surface area contributed by atoms with Gasteiger partial charge in [0.2, 0.25) is 0 Å². The first-order valence-electron chi connectivity index (χ1n) is 6.33. The van der Waals surface area contributed by atoms with Gasteiger partial charge in [0.05, 0.1) is 0 Å². The third kappa shape index (κ3) is 4.27. The molecule has 0 aliphatic carbocycles. The zero-order chi connectivity index (χ0) is 13.8. The van der Waals surface area contributed by atoms with Gasteiger partial charge in [-0.2, -0.15) is 0 Å². The van der Waals surface area contributed by atoms with Gasteiger partial charge in [0.25, 0.3) is 0 Å². The summed E-state index contributed by atoms with van der Waals surface area (Å²) in [6.07, 6.45) is 0.866. The molecule has 1 unspecified atom stereocenters. The first kappa shape index (κ1) is 14.4. The molecule has 1 nitrogen and oxygen atoms in total. The summed E-state index contributed by atoms with van der Waals surface area (Å²) in [5.41, 5.74) is 8.43. The first-order chi connectivity index (χ1) is 9.04. The average molecular weight is 292 g/mol. The van der Waals surface area contributed by atoms with Gasteiger partial charge < -0.3 is 5.73 Å². The SMILES string of the molecule is Cc1ccc(Sc2cc(Cl)ccc2CC(C)N)cc1. The van der Waals surface area contributed by atoms with E-state index < -0.39 is 0 Å². The van der Waals surface area contributed by atoms with Gasteiger partial charge in [-0.1, -0.05) is 47.1 Å². The van der Waals surface area contributed by atoms with E-state index in [1.165, 1.54) is 20.9 Å². The molecule has 1 atom stereocenters. The number of hydrogen-bond donors (Lipinski definition) is 1. The second-order valence-corrected chi connectivity index (χ2v) is 6.40. The number of aryl methyl sites for hydroxylation is 1. The fourth-order valence-electron chi connectivity index (χ4n) is 1.87. The highest BCUT2D eigenvalue weighted by molar-refractivity contribution is 7.99. The van der Waals surface area contributed by atoms with Crippen LogP contribution < -0.4 is 5.73 Å². The van der Waals surface area contributed by atoms with E-state index >= 15 is 0 Å². The summed E-state index contributed by atoms with van der Waals surface area (Å²) in [5.74, 6) is 0. The number of nitrogens with two attached hydrogens (primary N) is 1. The van der Waals surface area contributed by atoms with Gasteiger partial charge in [-0.15, -0.1) is 0 Å². The van der Waals surface area contributed by atoms with Crippen LogP contribution in [0.1, 0.15) is 18.1 Å². The highest BCUT2D eigenvalue weighted by Crippen LogP contribution is 2.33. The average Bonchev–Trinajstić information content (AvgIpc) is 2.35. The van der Waals surface area contributed by atoms with Crippen molar-refractivity contribution in [3.05, 3.63) is 58.6 Å². The largest absolute Gasteiger partial charge is 0.328 e. The van der Waals surface area contributed by atoms with Crippen molar-refractivity contribution in [1.82, 2.24) is 0 Å². The maximum absolute atomic E-state index is 6.10. The minimum absolute atomic E-state index is 0.151. The predicted octanol–water partition coefficient (Wildman–Crippen LogP) is 4.69. The Labute approximate surface area is 124 Å². The highest BCUT2D eigenvalue weighted by Gasteiger charge is 2.07. The molecule has 0 fully saturated rings. The summed E-state index contributed by atoms with van der Waals surface area (Å²) >= 11 is 7.84. The smallest absolute Gasteiger partial charge is 0.0417 e. The molecule has 2 N–H and O–H groups in total. The molecule has 2 aromatic rings. The summed E-state index contributed by atoms with van der Waals surface area (Å²) < 4.78 is 0. The molecule has 0 saturated carbocycles. The Bertz CT molecular complexity index is 549. The number of halogens is 1. The Morgan fingerprint density at radius 3 is 2.47 bits per heavy atom. The third-order valence-corrected chi connectivity index (χ3v) is 4.16. The van der Waals surface area contributed by atoms with Gasteiger partial charge >= 0.3 is 0 Å². The van der Waals surface area contributed by atoms with Crippen LogP contribution in [0.25, 0.3) is 0 Å². The maximum Gasteiger partial charge on any atom is 0.0417 e. The molecular formula is C16H18ClNS. The lowest BCUT2D eigenvalue weighted by molar-refractivity contribution is 0.729. The summed E-state index contributed by atoms with van der Waals surface area (Å²) in [6.45, 7) is 4.12. The molecule has 19 heavy (non-hydrogen) atoms. The summed E-state index contributed by atoms with van der Waals surface area (Å²) in [7, 11) is 0. The van der Waals surface area contributed by atoms with Gasteiger partial charge in [0, 0.05) is 20.9 Å². The van der Waals surface area contributed by atoms with E-state index in [-0.39, 0.29) is 6.04 Å². The quantitative estimate of drug-likeness (QED) is 0.884. The minimum Gasteiger partial charge on any atom is -0.328 e. The monoisotopic (exact) mass is 291 g/mol. The van der Waals surface area contributed by atoms with Crippen molar-refractivity contribution in [3.63, 3.8) is 0 Å². The summed E-state index contributed by atoms with van der Waals surface area (Å²) in [4.78, 5) is 2.41. The van der Waals surface area contributed by atoms with E-state index in [0.29, 0.717) is 0 Å². The molecule has 0 aromatic heterocycles. The Balaban J connectivity index is 2.27. The van der Waals surface area contributed by atoms with E-state index in [9.17, 15) is 0 Å². The Kier molecular flexibility index (Phi) is 4.92. The van der Waals surface area contributed by atoms with Crippen molar-refractivity contribution in [2.24, 2.45) is 5.73 Å². The molecule has 0 aliphatic heterocycles. The van der Waals surface area contributed by atoms with Crippen molar-refractivity contribution in [2.75, 3.05) is 0 Å². The molecule has 0 spiro atoms. The van der Waals surface area contributed by atoms with Crippen molar-refractivity contribution in [3.8, 4) is 0 Å². The topological polar surface area (TPSA) is 26.0 Å². The molecule has 2 aromatic carbocycles. The van der Waals surface area contributed by atoms with E-state index in [1.54, 1.807) is 11.8 Å². The van der Waals surface area contributed by atoms with Crippen LogP contribution in [-0.4, -0.2) is 6.04 Å². The predicted molar refractivity (Wildman–Crippen MR) is 84.1 cm³/mol. The lowest BCUT2D eigenvalue weighted by atomic mass is 10.1. The lowest BCUT2D eigenvalue weighted by Gasteiger charge is -2.12. The highest BCUT2D eigenvalue weighted by atomic mass is 35.5. The molecule has 0 heterocycles.